The Balaban J connectivity index is 2.07. The second-order valence-electron chi connectivity index (χ2n) is 4.21. The monoisotopic (exact) mass is 255 g/mol. The lowest BCUT2D eigenvalue weighted by Crippen LogP contribution is -2.13. The summed E-state index contributed by atoms with van der Waals surface area (Å²) in [4.78, 5) is 0. The van der Waals surface area contributed by atoms with Crippen LogP contribution < -0.4 is 5.32 Å². The molecular formula is C14H25NO3. The molecule has 0 bridgehead atoms. The van der Waals surface area contributed by atoms with Gasteiger partial charge in [0.1, 0.15) is 18.1 Å². The van der Waals surface area contributed by atoms with Gasteiger partial charge in [0.2, 0.25) is 0 Å². The highest BCUT2D eigenvalue weighted by Gasteiger charge is 2.01. The minimum Gasteiger partial charge on any atom is -0.462 e. The van der Waals surface area contributed by atoms with Crippen LogP contribution >= 0.6 is 0 Å². The number of hydrogen-bond donors (Lipinski definition) is 1. The fourth-order valence-corrected chi connectivity index (χ4v) is 1.52. The van der Waals surface area contributed by atoms with Crippen molar-refractivity contribution in [1.29, 1.82) is 0 Å². The first-order valence-corrected chi connectivity index (χ1v) is 6.80. The van der Waals surface area contributed by atoms with E-state index in [4.69, 9.17) is 13.9 Å². The van der Waals surface area contributed by atoms with Crippen LogP contribution in [0.15, 0.2) is 16.5 Å². The molecule has 0 aliphatic carbocycles. The van der Waals surface area contributed by atoms with Crippen LogP contribution in [0.5, 0.6) is 0 Å². The molecule has 0 aliphatic heterocycles. The van der Waals surface area contributed by atoms with Gasteiger partial charge in [-0.1, -0.05) is 13.8 Å². The average molecular weight is 255 g/mol. The van der Waals surface area contributed by atoms with E-state index in [0.29, 0.717) is 19.8 Å². The third-order valence-electron chi connectivity index (χ3n) is 2.41. The molecule has 1 aromatic heterocycles. The summed E-state index contributed by atoms with van der Waals surface area (Å²) in [5.74, 6) is 1.84. The van der Waals surface area contributed by atoms with Gasteiger partial charge in [0.15, 0.2) is 0 Å². The van der Waals surface area contributed by atoms with Gasteiger partial charge in [0.25, 0.3) is 0 Å². The maximum Gasteiger partial charge on any atom is 0.129 e. The first-order valence-electron chi connectivity index (χ1n) is 6.80. The summed E-state index contributed by atoms with van der Waals surface area (Å²) in [6, 6.07) is 3.96. The van der Waals surface area contributed by atoms with Gasteiger partial charge in [-0.2, -0.15) is 0 Å². The van der Waals surface area contributed by atoms with Gasteiger partial charge in [-0.05, 0) is 31.5 Å². The van der Waals surface area contributed by atoms with E-state index >= 15 is 0 Å². The summed E-state index contributed by atoms with van der Waals surface area (Å²) in [6.45, 7) is 8.63. The quantitative estimate of drug-likeness (QED) is 0.617. The summed E-state index contributed by atoms with van der Waals surface area (Å²) in [7, 11) is 0. The minimum atomic E-state index is 0.517. The van der Waals surface area contributed by atoms with Crippen molar-refractivity contribution in [3.8, 4) is 0 Å². The van der Waals surface area contributed by atoms with Gasteiger partial charge in [0, 0.05) is 6.61 Å². The summed E-state index contributed by atoms with van der Waals surface area (Å²) in [6.07, 6.45) is 2.18. The van der Waals surface area contributed by atoms with E-state index in [1.54, 1.807) is 0 Å². The summed E-state index contributed by atoms with van der Waals surface area (Å²) >= 11 is 0. The summed E-state index contributed by atoms with van der Waals surface area (Å²) in [5, 5.41) is 3.30. The maximum atomic E-state index is 5.63. The zero-order valence-corrected chi connectivity index (χ0v) is 11.5. The van der Waals surface area contributed by atoms with Crippen molar-refractivity contribution < 1.29 is 13.9 Å². The lowest BCUT2D eigenvalue weighted by molar-refractivity contribution is 0.0347. The van der Waals surface area contributed by atoms with Crippen molar-refractivity contribution in [3.05, 3.63) is 23.7 Å². The molecule has 0 saturated carbocycles. The van der Waals surface area contributed by atoms with Crippen LogP contribution in [-0.4, -0.2) is 26.4 Å². The first kappa shape index (κ1) is 15.2. The van der Waals surface area contributed by atoms with Gasteiger partial charge in [-0.15, -0.1) is 0 Å². The second kappa shape index (κ2) is 10.1. The summed E-state index contributed by atoms with van der Waals surface area (Å²) < 4.78 is 16.4. The highest BCUT2D eigenvalue weighted by Crippen LogP contribution is 2.08. The molecule has 0 atom stereocenters. The fourth-order valence-electron chi connectivity index (χ4n) is 1.52. The van der Waals surface area contributed by atoms with Crippen LogP contribution in [-0.2, 0) is 22.6 Å². The van der Waals surface area contributed by atoms with Crippen molar-refractivity contribution in [2.75, 3.05) is 26.4 Å². The lowest BCUT2D eigenvalue weighted by atomic mass is 10.4. The van der Waals surface area contributed by atoms with E-state index in [1.807, 2.05) is 12.1 Å². The van der Waals surface area contributed by atoms with E-state index in [0.717, 1.165) is 44.1 Å². The van der Waals surface area contributed by atoms with Gasteiger partial charge in [-0.25, -0.2) is 0 Å². The number of furan rings is 1. The van der Waals surface area contributed by atoms with Crippen molar-refractivity contribution >= 4 is 0 Å². The van der Waals surface area contributed by atoms with Gasteiger partial charge in [-0.3, -0.25) is 0 Å². The molecule has 18 heavy (non-hydrogen) atoms. The number of nitrogens with one attached hydrogen (secondary N) is 1. The molecule has 0 fully saturated rings. The Morgan fingerprint density at radius 1 is 1.00 bits per heavy atom. The predicted octanol–water partition coefficient (Wildman–Crippen LogP) is 2.72. The number of hydrogen-bond acceptors (Lipinski definition) is 4. The molecule has 104 valence electrons. The fraction of sp³-hybridized carbons (Fsp3) is 0.714. The van der Waals surface area contributed by atoms with E-state index in [-0.39, 0.29) is 0 Å². The van der Waals surface area contributed by atoms with Crippen LogP contribution in [0.3, 0.4) is 0 Å². The molecule has 1 rings (SSSR count). The zero-order chi connectivity index (χ0) is 13.1. The third kappa shape index (κ3) is 6.79. The van der Waals surface area contributed by atoms with Gasteiger partial charge in [0.05, 0.1) is 19.8 Å². The smallest absolute Gasteiger partial charge is 0.129 e. The molecule has 1 aromatic rings. The highest BCUT2D eigenvalue weighted by molar-refractivity contribution is 5.06. The molecule has 0 spiro atoms. The third-order valence-corrected chi connectivity index (χ3v) is 2.41. The van der Waals surface area contributed by atoms with E-state index < -0.39 is 0 Å². The van der Waals surface area contributed by atoms with Crippen LogP contribution in [0.1, 0.15) is 38.2 Å². The Labute approximate surface area is 110 Å². The summed E-state index contributed by atoms with van der Waals surface area (Å²) in [5.41, 5.74) is 0. The average Bonchev–Trinajstić information content (AvgIpc) is 2.82. The molecule has 0 aromatic carbocycles. The highest BCUT2D eigenvalue weighted by atomic mass is 16.5. The molecule has 0 unspecified atom stereocenters. The maximum absolute atomic E-state index is 5.63. The van der Waals surface area contributed by atoms with Crippen LogP contribution in [0.2, 0.25) is 0 Å². The van der Waals surface area contributed by atoms with Crippen LogP contribution in [0.25, 0.3) is 0 Å². The largest absolute Gasteiger partial charge is 0.462 e. The van der Waals surface area contributed by atoms with Gasteiger partial charge >= 0.3 is 0 Å². The Kier molecular flexibility index (Phi) is 8.55. The molecular weight excluding hydrogens is 230 g/mol. The van der Waals surface area contributed by atoms with Crippen LogP contribution in [0.4, 0.5) is 0 Å². The van der Waals surface area contributed by atoms with Crippen molar-refractivity contribution in [1.82, 2.24) is 5.32 Å². The van der Waals surface area contributed by atoms with Gasteiger partial charge < -0.3 is 19.2 Å². The number of ether oxygens (including phenoxy) is 2. The predicted molar refractivity (Wildman–Crippen MR) is 71.5 cm³/mol. The van der Waals surface area contributed by atoms with E-state index in [9.17, 15) is 0 Å². The number of rotatable bonds is 11. The van der Waals surface area contributed by atoms with Crippen molar-refractivity contribution in [2.45, 2.75) is 39.8 Å². The standard InChI is InChI=1S/C14H25NO3/c1-3-7-15-11-13-5-6-14(18-13)12-17-10-9-16-8-4-2/h5-6,15H,3-4,7-12H2,1-2H3. The molecule has 0 aliphatic rings. The Bertz CT molecular complexity index is 299. The second-order valence-corrected chi connectivity index (χ2v) is 4.21. The first-order chi connectivity index (χ1) is 8.86. The SMILES string of the molecule is CCCNCc1ccc(COCCOCCC)o1. The van der Waals surface area contributed by atoms with Crippen molar-refractivity contribution in [2.24, 2.45) is 0 Å². The lowest BCUT2D eigenvalue weighted by Gasteiger charge is -2.03. The van der Waals surface area contributed by atoms with E-state index in [1.165, 1.54) is 0 Å². The minimum absolute atomic E-state index is 0.517. The van der Waals surface area contributed by atoms with E-state index in [2.05, 4.69) is 19.2 Å². The Morgan fingerprint density at radius 3 is 2.56 bits per heavy atom. The Hall–Kier alpha value is -0.840. The molecule has 1 heterocycles. The molecule has 0 amide bonds. The normalized spacial score (nSPS) is 11.0. The molecule has 1 N–H and O–H groups in total. The zero-order valence-electron chi connectivity index (χ0n) is 11.5. The van der Waals surface area contributed by atoms with Crippen molar-refractivity contribution in [3.63, 3.8) is 0 Å². The molecule has 0 radical (unpaired) electrons. The topological polar surface area (TPSA) is 43.6 Å². The molecule has 4 heteroatoms. The molecule has 4 nitrogen and oxygen atoms in total. The van der Waals surface area contributed by atoms with Crippen LogP contribution in [0, 0.1) is 0 Å². The molecule has 0 saturated heterocycles. The Morgan fingerprint density at radius 2 is 1.78 bits per heavy atom.